The molecule has 0 radical (unpaired) electrons. The Hall–Kier alpha value is -2.23. The highest BCUT2D eigenvalue weighted by molar-refractivity contribution is 5.85. The van der Waals surface area contributed by atoms with Gasteiger partial charge in [-0.15, -0.1) is 0 Å². The molecule has 110 valence electrons. The zero-order chi connectivity index (χ0) is 15.6. The van der Waals surface area contributed by atoms with E-state index >= 15 is 0 Å². The minimum atomic E-state index is -0.602. The zero-order valence-corrected chi connectivity index (χ0v) is 11.9. The molecule has 0 saturated heterocycles. The van der Waals surface area contributed by atoms with Crippen LogP contribution in [0.2, 0.25) is 0 Å². The Morgan fingerprint density at radius 2 is 1.76 bits per heavy atom. The van der Waals surface area contributed by atoms with Gasteiger partial charge >= 0.3 is 0 Å². The molecule has 0 spiro atoms. The van der Waals surface area contributed by atoms with Gasteiger partial charge < -0.3 is 5.73 Å². The minimum Gasteiger partial charge on any atom is -0.398 e. The number of benzene rings is 2. The lowest BCUT2D eigenvalue weighted by molar-refractivity contribution is 0.557. The Balaban J connectivity index is 2.63. The lowest BCUT2D eigenvalue weighted by Crippen LogP contribution is -2.02. The fourth-order valence-corrected chi connectivity index (χ4v) is 2.36. The van der Waals surface area contributed by atoms with Gasteiger partial charge in [0.1, 0.15) is 17.5 Å². The van der Waals surface area contributed by atoms with Crippen molar-refractivity contribution in [2.45, 2.75) is 20.3 Å². The van der Waals surface area contributed by atoms with E-state index < -0.39 is 17.5 Å². The second-order valence-corrected chi connectivity index (χ2v) is 4.67. The molecule has 0 aromatic heterocycles. The van der Waals surface area contributed by atoms with Gasteiger partial charge in [-0.05, 0) is 49.2 Å². The van der Waals surface area contributed by atoms with E-state index in [4.69, 9.17) is 5.73 Å². The summed E-state index contributed by atoms with van der Waals surface area (Å²) in [6.45, 7) is 3.42. The van der Waals surface area contributed by atoms with Crippen LogP contribution in [0.4, 0.5) is 18.9 Å². The molecule has 0 atom stereocenters. The van der Waals surface area contributed by atoms with E-state index in [0.717, 1.165) is 0 Å². The highest BCUT2D eigenvalue weighted by atomic mass is 19.1. The summed E-state index contributed by atoms with van der Waals surface area (Å²) >= 11 is 0. The molecule has 2 aromatic carbocycles. The van der Waals surface area contributed by atoms with Gasteiger partial charge in [-0.1, -0.05) is 13.0 Å². The Morgan fingerprint density at radius 1 is 1.10 bits per heavy atom. The smallest absolute Gasteiger partial charge is 0.137 e. The topological polar surface area (TPSA) is 26.0 Å². The van der Waals surface area contributed by atoms with Crippen LogP contribution in [0.15, 0.2) is 36.4 Å². The maximum absolute atomic E-state index is 14.5. The molecule has 4 heteroatoms. The lowest BCUT2D eigenvalue weighted by Gasteiger charge is -2.14. The summed E-state index contributed by atoms with van der Waals surface area (Å²) in [5, 5.41) is 0. The van der Waals surface area contributed by atoms with Crippen molar-refractivity contribution in [2.75, 3.05) is 5.73 Å². The Morgan fingerprint density at radius 3 is 2.33 bits per heavy atom. The summed E-state index contributed by atoms with van der Waals surface area (Å²) in [5.74, 6) is -1.63. The first-order valence-corrected chi connectivity index (χ1v) is 6.68. The first-order valence-electron chi connectivity index (χ1n) is 6.68. The molecule has 0 aliphatic heterocycles. The maximum atomic E-state index is 14.5. The van der Waals surface area contributed by atoms with Gasteiger partial charge in [0, 0.05) is 22.4 Å². The first-order chi connectivity index (χ1) is 9.99. The lowest BCUT2D eigenvalue weighted by atomic mass is 9.93. The SMILES string of the molecule is C/C=C(/c1ccc(F)cc1N)c1ccc(F)c(CC)c1F. The Labute approximate surface area is 121 Å². The summed E-state index contributed by atoms with van der Waals surface area (Å²) < 4.78 is 41.2. The Kier molecular flexibility index (Phi) is 4.36. The third-order valence-electron chi connectivity index (χ3n) is 3.42. The van der Waals surface area contributed by atoms with Gasteiger partial charge in [0.2, 0.25) is 0 Å². The van der Waals surface area contributed by atoms with Crippen LogP contribution >= 0.6 is 0 Å². The van der Waals surface area contributed by atoms with Crippen LogP contribution in [0.5, 0.6) is 0 Å². The van der Waals surface area contributed by atoms with Crippen molar-refractivity contribution in [3.63, 3.8) is 0 Å². The van der Waals surface area contributed by atoms with E-state index in [2.05, 4.69) is 0 Å². The molecule has 0 amide bonds. The van der Waals surface area contributed by atoms with E-state index in [1.165, 1.54) is 30.3 Å². The van der Waals surface area contributed by atoms with Gasteiger partial charge in [0.05, 0.1) is 0 Å². The van der Waals surface area contributed by atoms with Crippen LogP contribution in [0, 0.1) is 17.5 Å². The largest absolute Gasteiger partial charge is 0.398 e. The monoisotopic (exact) mass is 291 g/mol. The molecule has 0 saturated carbocycles. The average Bonchev–Trinajstić information content (AvgIpc) is 2.44. The fraction of sp³-hybridized carbons (Fsp3) is 0.176. The van der Waals surface area contributed by atoms with Crippen molar-refractivity contribution in [1.82, 2.24) is 0 Å². The molecule has 0 bridgehead atoms. The average molecular weight is 291 g/mol. The number of allylic oxidation sites excluding steroid dienone is 1. The molecule has 2 rings (SSSR count). The van der Waals surface area contributed by atoms with Crippen LogP contribution in [-0.2, 0) is 6.42 Å². The summed E-state index contributed by atoms with van der Waals surface area (Å²) in [6.07, 6.45) is 1.93. The number of nitrogen functional groups attached to an aromatic ring is 1. The van der Waals surface area contributed by atoms with Crippen molar-refractivity contribution in [3.8, 4) is 0 Å². The third-order valence-corrected chi connectivity index (χ3v) is 3.42. The molecule has 1 nitrogen and oxygen atoms in total. The van der Waals surface area contributed by atoms with Gasteiger partial charge in [-0.3, -0.25) is 0 Å². The predicted octanol–water partition coefficient (Wildman–Crippen LogP) is 4.70. The molecule has 21 heavy (non-hydrogen) atoms. The third kappa shape index (κ3) is 2.79. The number of hydrogen-bond donors (Lipinski definition) is 1. The quantitative estimate of drug-likeness (QED) is 0.815. The fourth-order valence-electron chi connectivity index (χ4n) is 2.36. The maximum Gasteiger partial charge on any atom is 0.137 e. The first kappa shape index (κ1) is 15.2. The van der Waals surface area contributed by atoms with Crippen molar-refractivity contribution in [1.29, 1.82) is 0 Å². The normalized spacial score (nSPS) is 11.8. The van der Waals surface area contributed by atoms with Crippen LogP contribution in [0.1, 0.15) is 30.5 Å². The molecular formula is C17H16F3N. The molecule has 0 unspecified atom stereocenters. The summed E-state index contributed by atoms with van der Waals surface area (Å²) in [4.78, 5) is 0. The van der Waals surface area contributed by atoms with Crippen LogP contribution in [0.3, 0.4) is 0 Å². The van der Waals surface area contributed by atoms with E-state index in [9.17, 15) is 13.2 Å². The number of rotatable bonds is 3. The minimum absolute atomic E-state index is 0.0348. The predicted molar refractivity (Wildman–Crippen MR) is 79.3 cm³/mol. The van der Waals surface area contributed by atoms with Crippen molar-refractivity contribution >= 4 is 11.3 Å². The molecule has 0 aliphatic carbocycles. The number of hydrogen-bond acceptors (Lipinski definition) is 1. The number of anilines is 1. The zero-order valence-electron chi connectivity index (χ0n) is 11.9. The van der Waals surface area contributed by atoms with Gasteiger partial charge in [0.15, 0.2) is 0 Å². The second-order valence-electron chi connectivity index (χ2n) is 4.67. The van der Waals surface area contributed by atoms with Crippen LogP contribution in [0.25, 0.3) is 5.57 Å². The molecule has 0 fully saturated rings. The molecule has 0 aliphatic rings. The summed E-state index contributed by atoms with van der Waals surface area (Å²) in [6, 6.07) is 6.55. The number of halogens is 3. The van der Waals surface area contributed by atoms with E-state index in [1.807, 2.05) is 0 Å². The molecular weight excluding hydrogens is 275 g/mol. The second kappa shape index (κ2) is 6.04. The van der Waals surface area contributed by atoms with Crippen LogP contribution in [-0.4, -0.2) is 0 Å². The summed E-state index contributed by atoms with van der Waals surface area (Å²) in [7, 11) is 0. The van der Waals surface area contributed by atoms with E-state index in [-0.39, 0.29) is 23.2 Å². The highest BCUT2D eigenvalue weighted by Crippen LogP contribution is 2.32. The summed E-state index contributed by atoms with van der Waals surface area (Å²) in [5.41, 5.74) is 7.35. The van der Waals surface area contributed by atoms with E-state index in [1.54, 1.807) is 19.9 Å². The van der Waals surface area contributed by atoms with Gasteiger partial charge in [-0.2, -0.15) is 0 Å². The van der Waals surface area contributed by atoms with Gasteiger partial charge in [-0.25, -0.2) is 13.2 Å². The van der Waals surface area contributed by atoms with E-state index in [0.29, 0.717) is 11.1 Å². The van der Waals surface area contributed by atoms with Gasteiger partial charge in [0.25, 0.3) is 0 Å². The van der Waals surface area contributed by atoms with Crippen molar-refractivity contribution < 1.29 is 13.2 Å². The molecule has 2 aromatic rings. The standard InChI is InChI=1S/C17H16F3N/c1-3-11(13-6-5-10(18)9-16(13)21)14-7-8-15(19)12(4-2)17(14)20/h3,5-9H,4,21H2,1-2H3/b11-3-. The molecule has 2 N–H and O–H groups in total. The Bertz CT molecular complexity index is 705. The van der Waals surface area contributed by atoms with Crippen molar-refractivity contribution in [3.05, 3.63) is 70.5 Å². The van der Waals surface area contributed by atoms with Crippen molar-refractivity contribution in [2.24, 2.45) is 0 Å². The van der Waals surface area contributed by atoms with Crippen LogP contribution < -0.4 is 5.73 Å². The molecule has 0 heterocycles. The highest BCUT2D eigenvalue weighted by Gasteiger charge is 2.17. The number of nitrogens with two attached hydrogens (primary N) is 1.